The number of amides is 1. The van der Waals surface area contributed by atoms with Crippen LogP contribution in [0.1, 0.15) is 58.9 Å². The number of nitrogens with one attached hydrogen (secondary N) is 2. The number of anilines is 1. The van der Waals surface area contributed by atoms with Gasteiger partial charge in [-0.1, -0.05) is 31.9 Å². The van der Waals surface area contributed by atoms with Crippen molar-refractivity contribution in [3.8, 4) is 0 Å². The van der Waals surface area contributed by atoms with E-state index in [-0.39, 0.29) is 6.09 Å². The SMILES string of the molecule is CC1CCCCC1Nc1cccc(CNC(=O)OC(C)(C)C)c1. The van der Waals surface area contributed by atoms with Gasteiger partial charge in [-0.05, 0) is 57.2 Å². The largest absolute Gasteiger partial charge is 0.444 e. The van der Waals surface area contributed by atoms with Gasteiger partial charge in [-0.3, -0.25) is 0 Å². The Labute approximate surface area is 140 Å². The molecule has 4 heteroatoms. The average Bonchev–Trinajstić information content (AvgIpc) is 2.46. The number of ether oxygens (including phenoxy) is 1. The highest BCUT2D eigenvalue weighted by Crippen LogP contribution is 2.27. The second-order valence-electron chi connectivity index (χ2n) is 7.57. The number of hydrogen-bond donors (Lipinski definition) is 2. The van der Waals surface area contributed by atoms with Gasteiger partial charge in [0.2, 0.25) is 0 Å². The van der Waals surface area contributed by atoms with Crippen LogP contribution in [0, 0.1) is 5.92 Å². The van der Waals surface area contributed by atoms with Gasteiger partial charge in [-0.15, -0.1) is 0 Å². The average molecular weight is 318 g/mol. The van der Waals surface area contributed by atoms with Gasteiger partial charge in [-0.2, -0.15) is 0 Å². The van der Waals surface area contributed by atoms with E-state index in [4.69, 9.17) is 4.74 Å². The summed E-state index contributed by atoms with van der Waals surface area (Å²) in [7, 11) is 0. The molecule has 1 saturated carbocycles. The first-order chi connectivity index (χ1) is 10.8. The van der Waals surface area contributed by atoms with Crippen molar-refractivity contribution < 1.29 is 9.53 Å². The third-order valence-electron chi connectivity index (χ3n) is 4.23. The third kappa shape index (κ3) is 6.12. The molecule has 1 aliphatic carbocycles. The van der Waals surface area contributed by atoms with Gasteiger partial charge in [0.1, 0.15) is 5.60 Å². The first kappa shape index (κ1) is 17.6. The number of hydrogen-bond acceptors (Lipinski definition) is 3. The summed E-state index contributed by atoms with van der Waals surface area (Å²) in [5, 5.41) is 6.46. The molecule has 1 aromatic rings. The van der Waals surface area contributed by atoms with Crippen LogP contribution in [0.4, 0.5) is 10.5 Å². The quantitative estimate of drug-likeness (QED) is 0.846. The van der Waals surface area contributed by atoms with Crippen LogP contribution >= 0.6 is 0 Å². The molecule has 4 nitrogen and oxygen atoms in total. The second-order valence-corrected chi connectivity index (χ2v) is 7.57. The van der Waals surface area contributed by atoms with Crippen molar-refractivity contribution in [3.05, 3.63) is 29.8 Å². The minimum atomic E-state index is -0.468. The summed E-state index contributed by atoms with van der Waals surface area (Å²) >= 11 is 0. The molecule has 0 bridgehead atoms. The molecule has 1 amide bonds. The molecule has 0 spiro atoms. The number of rotatable bonds is 4. The van der Waals surface area contributed by atoms with Crippen molar-refractivity contribution in [2.75, 3.05) is 5.32 Å². The lowest BCUT2D eigenvalue weighted by atomic mass is 9.86. The van der Waals surface area contributed by atoms with Crippen LogP contribution in [-0.4, -0.2) is 17.7 Å². The van der Waals surface area contributed by atoms with Gasteiger partial charge in [-0.25, -0.2) is 4.79 Å². The fourth-order valence-electron chi connectivity index (χ4n) is 3.00. The molecule has 2 rings (SSSR count). The summed E-state index contributed by atoms with van der Waals surface area (Å²) in [6.45, 7) is 8.39. The van der Waals surface area contributed by atoms with E-state index >= 15 is 0 Å². The lowest BCUT2D eigenvalue weighted by Crippen LogP contribution is -2.32. The Morgan fingerprint density at radius 3 is 2.70 bits per heavy atom. The molecular weight excluding hydrogens is 288 g/mol. The van der Waals surface area contributed by atoms with Crippen LogP contribution in [0.5, 0.6) is 0 Å². The highest BCUT2D eigenvalue weighted by Gasteiger charge is 2.21. The van der Waals surface area contributed by atoms with Crippen molar-refractivity contribution in [3.63, 3.8) is 0 Å². The van der Waals surface area contributed by atoms with Gasteiger partial charge in [0, 0.05) is 18.3 Å². The van der Waals surface area contributed by atoms with Gasteiger partial charge in [0.15, 0.2) is 0 Å². The molecule has 2 N–H and O–H groups in total. The Morgan fingerprint density at radius 2 is 2.00 bits per heavy atom. The van der Waals surface area contributed by atoms with Crippen molar-refractivity contribution in [1.29, 1.82) is 0 Å². The molecule has 1 aliphatic rings. The molecule has 0 aromatic heterocycles. The van der Waals surface area contributed by atoms with Gasteiger partial charge < -0.3 is 15.4 Å². The van der Waals surface area contributed by atoms with E-state index < -0.39 is 5.60 Å². The normalized spacial score (nSPS) is 21.6. The molecule has 0 aliphatic heterocycles. The van der Waals surface area contributed by atoms with Crippen molar-refractivity contribution in [1.82, 2.24) is 5.32 Å². The van der Waals surface area contributed by atoms with E-state index in [1.807, 2.05) is 32.9 Å². The number of carbonyl (C=O) groups excluding carboxylic acids is 1. The monoisotopic (exact) mass is 318 g/mol. The fourth-order valence-corrected chi connectivity index (χ4v) is 3.00. The maximum absolute atomic E-state index is 11.7. The van der Waals surface area contributed by atoms with Gasteiger partial charge >= 0.3 is 6.09 Å². The molecule has 0 radical (unpaired) electrons. The lowest BCUT2D eigenvalue weighted by Gasteiger charge is -2.30. The molecule has 128 valence electrons. The molecule has 23 heavy (non-hydrogen) atoms. The van der Waals surface area contributed by atoms with Crippen molar-refractivity contribution in [2.24, 2.45) is 5.92 Å². The maximum Gasteiger partial charge on any atom is 0.407 e. The standard InChI is InChI=1S/C19H30N2O2/c1-14-8-5-6-11-17(14)21-16-10-7-9-15(12-16)13-20-18(22)23-19(2,3)4/h7,9-10,12,14,17,21H,5-6,8,11,13H2,1-4H3,(H,20,22). The zero-order valence-electron chi connectivity index (χ0n) is 14.8. The summed E-state index contributed by atoms with van der Waals surface area (Å²) < 4.78 is 5.26. The molecule has 2 unspecified atom stereocenters. The molecule has 0 heterocycles. The number of alkyl carbamates (subject to hydrolysis) is 1. The first-order valence-electron chi connectivity index (χ1n) is 8.66. The molecule has 1 aromatic carbocycles. The first-order valence-corrected chi connectivity index (χ1v) is 8.66. The van der Waals surface area contributed by atoms with Crippen LogP contribution in [0.2, 0.25) is 0 Å². The second kappa shape index (κ2) is 7.71. The Kier molecular flexibility index (Phi) is 5.91. The minimum Gasteiger partial charge on any atom is -0.444 e. The van der Waals surface area contributed by atoms with Gasteiger partial charge in [0.25, 0.3) is 0 Å². The molecular formula is C19H30N2O2. The number of benzene rings is 1. The van der Waals surface area contributed by atoms with Crippen LogP contribution in [0.15, 0.2) is 24.3 Å². The Balaban J connectivity index is 1.88. The van der Waals surface area contributed by atoms with Crippen LogP contribution in [0.25, 0.3) is 0 Å². The maximum atomic E-state index is 11.7. The Bertz CT molecular complexity index is 522. The summed E-state index contributed by atoms with van der Waals surface area (Å²) in [6.07, 6.45) is 4.82. The molecule has 0 saturated heterocycles. The van der Waals surface area contributed by atoms with E-state index in [0.29, 0.717) is 18.5 Å². The fraction of sp³-hybridized carbons (Fsp3) is 0.632. The minimum absolute atomic E-state index is 0.378. The van der Waals surface area contributed by atoms with E-state index in [1.54, 1.807) is 0 Å². The lowest BCUT2D eigenvalue weighted by molar-refractivity contribution is 0.0523. The predicted molar refractivity (Wildman–Crippen MR) is 94.6 cm³/mol. The third-order valence-corrected chi connectivity index (χ3v) is 4.23. The Morgan fingerprint density at radius 1 is 1.26 bits per heavy atom. The van der Waals surface area contributed by atoms with E-state index in [2.05, 4.69) is 29.7 Å². The van der Waals surface area contributed by atoms with Crippen LogP contribution < -0.4 is 10.6 Å². The van der Waals surface area contributed by atoms with Crippen molar-refractivity contribution in [2.45, 2.75) is 71.6 Å². The summed E-state index contributed by atoms with van der Waals surface area (Å²) in [4.78, 5) is 11.7. The summed E-state index contributed by atoms with van der Waals surface area (Å²) in [5.74, 6) is 0.715. The zero-order chi connectivity index (χ0) is 16.9. The smallest absolute Gasteiger partial charge is 0.407 e. The molecule has 2 atom stereocenters. The van der Waals surface area contributed by atoms with E-state index in [9.17, 15) is 4.79 Å². The predicted octanol–water partition coefficient (Wildman–Crippen LogP) is 4.70. The summed E-state index contributed by atoms with van der Waals surface area (Å²) in [5.41, 5.74) is 1.74. The topological polar surface area (TPSA) is 50.4 Å². The van der Waals surface area contributed by atoms with Crippen LogP contribution in [-0.2, 0) is 11.3 Å². The summed E-state index contributed by atoms with van der Waals surface area (Å²) in [6, 6.07) is 8.81. The number of carbonyl (C=O) groups is 1. The van der Waals surface area contributed by atoms with E-state index in [1.165, 1.54) is 25.7 Å². The van der Waals surface area contributed by atoms with Gasteiger partial charge in [0.05, 0.1) is 0 Å². The van der Waals surface area contributed by atoms with E-state index in [0.717, 1.165) is 11.3 Å². The highest BCUT2D eigenvalue weighted by molar-refractivity contribution is 5.67. The zero-order valence-corrected chi connectivity index (χ0v) is 14.8. The van der Waals surface area contributed by atoms with Crippen molar-refractivity contribution >= 4 is 11.8 Å². The highest BCUT2D eigenvalue weighted by atomic mass is 16.6. The molecule has 1 fully saturated rings. The van der Waals surface area contributed by atoms with Crippen LogP contribution in [0.3, 0.4) is 0 Å². The Hall–Kier alpha value is -1.71.